The van der Waals surface area contributed by atoms with E-state index < -0.39 is 53.8 Å². The van der Waals surface area contributed by atoms with Gasteiger partial charge in [-0.05, 0) is 12.0 Å². The molecule has 0 aliphatic rings. The van der Waals surface area contributed by atoms with E-state index in [1.54, 1.807) is 30.3 Å². The predicted octanol–water partition coefficient (Wildman–Crippen LogP) is -1.74. The quantitative estimate of drug-likeness (QED) is 0.122. The molecule has 2 rings (SSSR count). The van der Waals surface area contributed by atoms with E-state index in [1.807, 2.05) is 0 Å². The lowest BCUT2D eigenvalue weighted by Gasteiger charge is -2.24. The summed E-state index contributed by atoms with van der Waals surface area (Å²) in [5, 5.41) is 17.0. The van der Waals surface area contributed by atoms with E-state index in [2.05, 4.69) is 38.5 Å². The van der Waals surface area contributed by atoms with Crippen molar-refractivity contribution in [2.75, 3.05) is 5.75 Å². The van der Waals surface area contributed by atoms with Gasteiger partial charge in [-0.1, -0.05) is 30.3 Å². The van der Waals surface area contributed by atoms with Crippen LogP contribution in [-0.2, 0) is 36.8 Å². The number of amides is 4. The smallest absolute Gasteiger partial charge is 0.326 e. The Bertz CT molecular complexity index is 1070. The molecule has 37 heavy (non-hydrogen) atoms. The minimum atomic E-state index is -1.24. The molecule has 0 spiro atoms. The number of rotatable bonds is 15. The number of carboxylic acids is 1. The van der Waals surface area contributed by atoms with Gasteiger partial charge in [-0.15, -0.1) is 0 Å². The van der Waals surface area contributed by atoms with Crippen LogP contribution in [0.5, 0.6) is 0 Å². The standard InChI is InChI=1S/C23H31N7O6S/c24-15(6-7-19(25)31)20(32)28-16(9-14-10-26-12-27-14)21(33)30-18(11-37)22(34)29-17(23(35)36)8-13-4-2-1-3-5-13/h1-5,10,12,15-18,37H,6-9,11,24H2,(H2,25,31)(H,26,27)(H,28,32)(H,29,34)(H,30,33)(H,35,36). The Morgan fingerprint density at radius 3 is 2.14 bits per heavy atom. The van der Waals surface area contributed by atoms with Gasteiger partial charge in [0, 0.05) is 36.9 Å². The van der Waals surface area contributed by atoms with E-state index >= 15 is 0 Å². The Morgan fingerprint density at radius 1 is 0.946 bits per heavy atom. The van der Waals surface area contributed by atoms with Gasteiger partial charge in [0.05, 0.1) is 12.4 Å². The molecule has 0 radical (unpaired) electrons. The van der Waals surface area contributed by atoms with E-state index in [0.717, 1.165) is 0 Å². The number of hydrogen-bond donors (Lipinski definition) is 8. The SMILES string of the molecule is NC(=O)CCC(N)C(=O)NC(Cc1cnc[nH]1)C(=O)NC(CS)C(=O)NC(Cc1ccccc1)C(=O)O. The first-order valence-corrected chi connectivity index (χ1v) is 12.0. The van der Waals surface area contributed by atoms with Gasteiger partial charge < -0.3 is 37.5 Å². The number of aliphatic carboxylic acids is 1. The largest absolute Gasteiger partial charge is 0.480 e. The lowest BCUT2D eigenvalue weighted by atomic mass is 10.1. The second kappa shape index (κ2) is 14.6. The van der Waals surface area contributed by atoms with Gasteiger partial charge in [0.15, 0.2) is 0 Å². The monoisotopic (exact) mass is 533 g/mol. The van der Waals surface area contributed by atoms with E-state index in [4.69, 9.17) is 11.5 Å². The number of primary amides is 1. The minimum Gasteiger partial charge on any atom is -0.480 e. The van der Waals surface area contributed by atoms with Gasteiger partial charge in [0.1, 0.15) is 18.1 Å². The summed E-state index contributed by atoms with van der Waals surface area (Å²) in [5.41, 5.74) is 12.1. The molecule has 4 atom stereocenters. The zero-order valence-electron chi connectivity index (χ0n) is 19.9. The van der Waals surface area contributed by atoms with Crippen LogP contribution in [0.2, 0.25) is 0 Å². The zero-order valence-corrected chi connectivity index (χ0v) is 20.8. The van der Waals surface area contributed by atoms with E-state index in [0.29, 0.717) is 11.3 Å². The van der Waals surface area contributed by atoms with Crippen LogP contribution < -0.4 is 27.4 Å². The lowest BCUT2D eigenvalue weighted by molar-refractivity contribution is -0.142. The van der Waals surface area contributed by atoms with Crippen molar-refractivity contribution < 1.29 is 29.1 Å². The van der Waals surface area contributed by atoms with Crippen molar-refractivity contribution in [3.8, 4) is 0 Å². The predicted molar refractivity (Wildman–Crippen MR) is 136 cm³/mol. The van der Waals surface area contributed by atoms with Crippen molar-refractivity contribution in [2.24, 2.45) is 11.5 Å². The Hall–Kier alpha value is -3.91. The number of nitrogens with zero attached hydrogens (tertiary/aromatic N) is 1. The molecule has 0 saturated heterocycles. The Labute approximate surface area is 218 Å². The molecule has 1 heterocycles. The summed E-state index contributed by atoms with van der Waals surface area (Å²) in [5.74, 6) is -4.18. The number of carbonyl (C=O) groups is 5. The van der Waals surface area contributed by atoms with Gasteiger partial charge in [0.25, 0.3) is 0 Å². The van der Waals surface area contributed by atoms with Crippen LogP contribution in [0.25, 0.3) is 0 Å². The molecule has 14 heteroatoms. The molecule has 0 bridgehead atoms. The topological polar surface area (TPSA) is 222 Å². The number of imidazole rings is 1. The van der Waals surface area contributed by atoms with Crippen LogP contribution in [0, 0.1) is 0 Å². The van der Waals surface area contributed by atoms with Crippen LogP contribution in [-0.4, -0.2) is 74.6 Å². The number of benzene rings is 1. The van der Waals surface area contributed by atoms with Gasteiger partial charge >= 0.3 is 5.97 Å². The highest BCUT2D eigenvalue weighted by Crippen LogP contribution is 2.06. The Balaban J connectivity index is 2.08. The maximum atomic E-state index is 13.1. The van der Waals surface area contributed by atoms with Gasteiger partial charge in [0.2, 0.25) is 23.6 Å². The van der Waals surface area contributed by atoms with Crippen molar-refractivity contribution >= 4 is 42.2 Å². The molecule has 4 unspecified atom stereocenters. The van der Waals surface area contributed by atoms with E-state index in [1.165, 1.54) is 12.5 Å². The van der Waals surface area contributed by atoms with Crippen LogP contribution in [0.15, 0.2) is 42.9 Å². The molecule has 13 nitrogen and oxygen atoms in total. The third-order valence-corrected chi connectivity index (χ3v) is 5.73. The van der Waals surface area contributed by atoms with Crippen LogP contribution in [0.4, 0.5) is 0 Å². The van der Waals surface area contributed by atoms with Crippen molar-refractivity contribution in [1.82, 2.24) is 25.9 Å². The number of nitrogens with two attached hydrogens (primary N) is 2. The summed E-state index contributed by atoms with van der Waals surface area (Å²) in [6.07, 6.45) is 2.77. The van der Waals surface area contributed by atoms with Crippen LogP contribution in [0.1, 0.15) is 24.1 Å². The maximum Gasteiger partial charge on any atom is 0.326 e. The third-order valence-electron chi connectivity index (χ3n) is 5.36. The normalized spacial score (nSPS) is 14.0. The molecular weight excluding hydrogens is 502 g/mol. The summed E-state index contributed by atoms with van der Waals surface area (Å²) in [7, 11) is 0. The zero-order chi connectivity index (χ0) is 27.4. The molecule has 0 fully saturated rings. The molecule has 9 N–H and O–H groups in total. The third kappa shape index (κ3) is 9.93. The summed E-state index contributed by atoms with van der Waals surface area (Å²) in [6.45, 7) is 0. The molecule has 0 aliphatic carbocycles. The summed E-state index contributed by atoms with van der Waals surface area (Å²) < 4.78 is 0. The average molecular weight is 534 g/mol. The number of hydrogen-bond acceptors (Lipinski definition) is 8. The molecule has 1 aromatic heterocycles. The van der Waals surface area contributed by atoms with Crippen molar-refractivity contribution in [2.45, 2.75) is 49.9 Å². The Kier molecular flexibility index (Phi) is 11.6. The molecule has 2 aromatic rings. The number of carboxylic acid groups (broad SMARTS) is 1. The summed E-state index contributed by atoms with van der Waals surface area (Å²) in [6, 6.07) is 4.06. The van der Waals surface area contributed by atoms with E-state index in [-0.39, 0.29) is 31.4 Å². The van der Waals surface area contributed by atoms with Crippen LogP contribution in [0.3, 0.4) is 0 Å². The molecule has 200 valence electrons. The number of thiol groups is 1. The number of H-pyrrole nitrogens is 1. The van der Waals surface area contributed by atoms with Crippen molar-refractivity contribution in [3.63, 3.8) is 0 Å². The van der Waals surface area contributed by atoms with Crippen molar-refractivity contribution in [1.29, 1.82) is 0 Å². The highest BCUT2D eigenvalue weighted by Gasteiger charge is 2.30. The van der Waals surface area contributed by atoms with E-state index in [9.17, 15) is 29.1 Å². The van der Waals surface area contributed by atoms with Gasteiger partial charge in [-0.25, -0.2) is 9.78 Å². The minimum absolute atomic E-state index is 0.00716. The molecule has 1 aromatic carbocycles. The summed E-state index contributed by atoms with van der Waals surface area (Å²) in [4.78, 5) is 67.8. The molecule has 0 aliphatic heterocycles. The fourth-order valence-corrected chi connectivity index (χ4v) is 3.58. The molecule has 0 saturated carbocycles. The second-order valence-corrected chi connectivity index (χ2v) is 8.65. The molecular formula is C23H31N7O6S. The fraction of sp³-hybridized carbons (Fsp3) is 0.391. The lowest BCUT2D eigenvalue weighted by Crippen LogP contribution is -2.58. The first-order valence-electron chi connectivity index (χ1n) is 11.4. The number of nitrogens with one attached hydrogen (secondary N) is 4. The highest BCUT2D eigenvalue weighted by molar-refractivity contribution is 7.80. The average Bonchev–Trinajstić information content (AvgIpc) is 3.38. The number of carbonyl (C=O) groups excluding carboxylic acids is 4. The number of aromatic amines is 1. The van der Waals surface area contributed by atoms with Crippen LogP contribution >= 0.6 is 12.6 Å². The first-order chi connectivity index (χ1) is 17.6. The highest BCUT2D eigenvalue weighted by atomic mass is 32.1. The fourth-order valence-electron chi connectivity index (χ4n) is 3.32. The second-order valence-electron chi connectivity index (χ2n) is 8.29. The number of aromatic nitrogens is 2. The molecule has 4 amide bonds. The van der Waals surface area contributed by atoms with Gasteiger partial charge in [-0.3, -0.25) is 19.2 Å². The van der Waals surface area contributed by atoms with Gasteiger partial charge in [-0.2, -0.15) is 12.6 Å². The maximum absolute atomic E-state index is 13.1. The Morgan fingerprint density at radius 2 is 1.57 bits per heavy atom. The summed E-state index contributed by atoms with van der Waals surface area (Å²) >= 11 is 4.12. The first kappa shape index (κ1) is 29.3. The van der Waals surface area contributed by atoms with Crippen molar-refractivity contribution in [3.05, 3.63) is 54.1 Å².